The number of carbonyl (C=O) groups is 2. The SMILES string of the molecule is CC(=O)OCCNC(=O)c1c(I)cc(I)c(C)c1I. The summed E-state index contributed by atoms with van der Waals surface area (Å²) in [6, 6.07) is 1.99. The first-order valence-electron chi connectivity index (χ1n) is 5.40. The molecule has 1 aromatic carbocycles. The van der Waals surface area contributed by atoms with Gasteiger partial charge in [-0.05, 0) is 86.3 Å². The van der Waals surface area contributed by atoms with Crippen LogP contribution in [0.3, 0.4) is 0 Å². The van der Waals surface area contributed by atoms with Gasteiger partial charge in [-0.1, -0.05) is 0 Å². The van der Waals surface area contributed by atoms with Crippen LogP contribution in [0.1, 0.15) is 22.8 Å². The van der Waals surface area contributed by atoms with E-state index in [0.29, 0.717) is 12.1 Å². The Morgan fingerprint density at radius 1 is 1.26 bits per heavy atom. The Morgan fingerprint density at radius 3 is 2.47 bits per heavy atom. The summed E-state index contributed by atoms with van der Waals surface area (Å²) in [6.07, 6.45) is 0. The Morgan fingerprint density at radius 2 is 1.89 bits per heavy atom. The zero-order chi connectivity index (χ0) is 14.6. The molecule has 0 saturated carbocycles. The average Bonchev–Trinajstić information content (AvgIpc) is 2.31. The molecule has 104 valence electrons. The van der Waals surface area contributed by atoms with E-state index in [1.165, 1.54) is 6.92 Å². The fourth-order valence-electron chi connectivity index (χ4n) is 1.34. The van der Waals surface area contributed by atoms with E-state index in [9.17, 15) is 9.59 Å². The minimum Gasteiger partial charge on any atom is -0.464 e. The summed E-state index contributed by atoms with van der Waals surface area (Å²) in [5.74, 6) is -0.482. The summed E-state index contributed by atoms with van der Waals surface area (Å²) in [4.78, 5) is 22.7. The predicted octanol–water partition coefficient (Wildman–Crippen LogP) is 3.10. The van der Waals surface area contributed by atoms with Crippen LogP contribution in [-0.2, 0) is 9.53 Å². The molecule has 0 atom stereocenters. The number of hydrogen-bond donors (Lipinski definition) is 1. The van der Waals surface area contributed by atoms with Gasteiger partial charge in [0.05, 0.1) is 12.1 Å². The molecule has 0 saturated heterocycles. The van der Waals surface area contributed by atoms with Crippen LogP contribution in [0.4, 0.5) is 0 Å². The van der Waals surface area contributed by atoms with E-state index in [-0.39, 0.29) is 18.5 Å². The molecule has 0 radical (unpaired) electrons. The first-order valence-corrected chi connectivity index (χ1v) is 8.64. The van der Waals surface area contributed by atoms with Gasteiger partial charge in [0, 0.05) is 17.6 Å². The van der Waals surface area contributed by atoms with E-state index in [1.54, 1.807) is 0 Å². The molecule has 1 rings (SSSR count). The summed E-state index contributed by atoms with van der Waals surface area (Å²) in [7, 11) is 0. The quantitative estimate of drug-likeness (QED) is 0.329. The predicted molar refractivity (Wildman–Crippen MR) is 98.3 cm³/mol. The van der Waals surface area contributed by atoms with Crippen molar-refractivity contribution in [2.45, 2.75) is 13.8 Å². The van der Waals surface area contributed by atoms with Crippen molar-refractivity contribution in [3.05, 3.63) is 27.9 Å². The molecule has 0 aromatic heterocycles. The number of esters is 1. The van der Waals surface area contributed by atoms with Crippen molar-refractivity contribution in [1.29, 1.82) is 0 Å². The monoisotopic (exact) mass is 599 g/mol. The van der Waals surface area contributed by atoms with Gasteiger partial charge in [-0.3, -0.25) is 9.59 Å². The summed E-state index contributed by atoms with van der Waals surface area (Å²) in [5.41, 5.74) is 1.79. The van der Waals surface area contributed by atoms with Crippen molar-refractivity contribution in [3.8, 4) is 0 Å². The van der Waals surface area contributed by atoms with Crippen LogP contribution in [0, 0.1) is 17.6 Å². The molecule has 0 heterocycles. The Labute approximate surface area is 152 Å². The van der Waals surface area contributed by atoms with E-state index in [0.717, 1.165) is 16.3 Å². The number of hydrogen-bond acceptors (Lipinski definition) is 3. The van der Waals surface area contributed by atoms with Gasteiger partial charge in [-0.2, -0.15) is 0 Å². The third kappa shape index (κ3) is 4.99. The van der Waals surface area contributed by atoms with Gasteiger partial charge < -0.3 is 10.1 Å². The van der Waals surface area contributed by atoms with Gasteiger partial charge >= 0.3 is 5.97 Å². The van der Waals surface area contributed by atoms with Crippen molar-refractivity contribution in [3.63, 3.8) is 0 Å². The lowest BCUT2D eigenvalue weighted by molar-refractivity contribution is -0.140. The number of halogens is 3. The first-order chi connectivity index (χ1) is 8.84. The lowest BCUT2D eigenvalue weighted by Crippen LogP contribution is -2.29. The van der Waals surface area contributed by atoms with Crippen molar-refractivity contribution >= 4 is 79.6 Å². The van der Waals surface area contributed by atoms with Crippen LogP contribution < -0.4 is 5.32 Å². The second kappa shape index (κ2) is 7.96. The number of benzene rings is 1. The number of ether oxygens (including phenoxy) is 1. The zero-order valence-electron chi connectivity index (χ0n) is 10.4. The summed E-state index contributed by atoms with van der Waals surface area (Å²) >= 11 is 6.61. The third-order valence-electron chi connectivity index (χ3n) is 2.32. The van der Waals surface area contributed by atoms with Gasteiger partial charge in [0.15, 0.2) is 0 Å². The third-order valence-corrected chi connectivity index (χ3v) is 5.64. The summed E-state index contributed by atoms with van der Waals surface area (Å²) < 4.78 is 7.79. The Kier molecular flexibility index (Phi) is 7.29. The number of amides is 1. The van der Waals surface area contributed by atoms with Gasteiger partial charge in [0.25, 0.3) is 5.91 Å². The molecule has 0 spiro atoms. The van der Waals surface area contributed by atoms with Crippen LogP contribution in [0.2, 0.25) is 0 Å². The van der Waals surface area contributed by atoms with E-state index in [1.807, 2.05) is 13.0 Å². The van der Waals surface area contributed by atoms with Gasteiger partial charge in [0.1, 0.15) is 6.61 Å². The Hall–Kier alpha value is 0.350. The fourth-order valence-corrected chi connectivity index (χ4v) is 5.21. The summed E-state index contributed by atoms with van der Waals surface area (Å²) in [5, 5.41) is 2.75. The molecule has 0 aliphatic rings. The minimum atomic E-state index is -0.344. The molecule has 19 heavy (non-hydrogen) atoms. The molecule has 4 nitrogen and oxygen atoms in total. The molecule has 1 amide bonds. The zero-order valence-corrected chi connectivity index (χ0v) is 16.8. The number of carbonyl (C=O) groups excluding carboxylic acids is 2. The van der Waals surface area contributed by atoms with E-state index in [4.69, 9.17) is 4.74 Å². The van der Waals surface area contributed by atoms with Crippen LogP contribution >= 0.6 is 67.8 Å². The molecule has 1 aromatic rings. The standard InChI is InChI=1S/C12H12I3NO3/c1-6-8(13)5-9(14)10(11(6)15)12(18)16-3-4-19-7(2)17/h5H,3-4H2,1-2H3,(H,16,18). The molecule has 0 bridgehead atoms. The van der Waals surface area contributed by atoms with Gasteiger partial charge in [0.2, 0.25) is 0 Å². The molecular formula is C12H12I3NO3. The molecule has 0 unspecified atom stereocenters. The molecule has 0 aliphatic heterocycles. The number of rotatable bonds is 4. The van der Waals surface area contributed by atoms with E-state index < -0.39 is 0 Å². The molecule has 0 fully saturated rings. The summed E-state index contributed by atoms with van der Waals surface area (Å²) in [6.45, 7) is 3.85. The molecule has 7 heteroatoms. The van der Waals surface area contributed by atoms with Crippen molar-refractivity contribution in [2.75, 3.05) is 13.2 Å². The average molecular weight is 599 g/mol. The van der Waals surface area contributed by atoms with Gasteiger partial charge in [-0.25, -0.2) is 0 Å². The van der Waals surface area contributed by atoms with Gasteiger partial charge in [-0.15, -0.1) is 0 Å². The highest BCUT2D eigenvalue weighted by Gasteiger charge is 2.17. The maximum Gasteiger partial charge on any atom is 0.302 e. The lowest BCUT2D eigenvalue weighted by Gasteiger charge is -2.12. The van der Waals surface area contributed by atoms with Crippen LogP contribution in [-0.4, -0.2) is 25.0 Å². The van der Waals surface area contributed by atoms with Crippen molar-refractivity contribution in [1.82, 2.24) is 5.32 Å². The highest BCUT2D eigenvalue weighted by Crippen LogP contribution is 2.26. The van der Waals surface area contributed by atoms with Crippen LogP contribution in [0.5, 0.6) is 0 Å². The Balaban J connectivity index is 2.78. The van der Waals surface area contributed by atoms with Crippen LogP contribution in [0.15, 0.2) is 6.07 Å². The lowest BCUT2D eigenvalue weighted by atomic mass is 10.1. The van der Waals surface area contributed by atoms with Crippen molar-refractivity contribution in [2.24, 2.45) is 0 Å². The van der Waals surface area contributed by atoms with E-state index >= 15 is 0 Å². The van der Waals surface area contributed by atoms with Crippen molar-refractivity contribution < 1.29 is 14.3 Å². The minimum absolute atomic E-state index is 0.138. The smallest absolute Gasteiger partial charge is 0.302 e. The van der Waals surface area contributed by atoms with Crippen LogP contribution in [0.25, 0.3) is 0 Å². The maximum atomic E-state index is 12.1. The normalized spacial score (nSPS) is 10.2. The maximum absolute atomic E-state index is 12.1. The topological polar surface area (TPSA) is 55.4 Å². The molecule has 1 N–H and O–H groups in total. The number of nitrogens with one attached hydrogen (secondary N) is 1. The highest BCUT2D eigenvalue weighted by molar-refractivity contribution is 14.1. The second-order valence-electron chi connectivity index (χ2n) is 3.75. The Bertz CT molecular complexity index is 517. The first kappa shape index (κ1) is 17.4. The van der Waals surface area contributed by atoms with E-state index in [2.05, 4.69) is 73.1 Å². The molecule has 0 aliphatic carbocycles. The highest BCUT2D eigenvalue weighted by atomic mass is 127. The second-order valence-corrected chi connectivity index (χ2v) is 7.15. The molecular weight excluding hydrogens is 587 g/mol. The fraction of sp³-hybridized carbons (Fsp3) is 0.333. The largest absolute Gasteiger partial charge is 0.464 e.